The summed E-state index contributed by atoms with van der Waals surface area (Å²) in [6.45, 7) is 0. The van der Waals surface area contributed by atoms with Crippen molar-refractivity contribution in [3.63, 3.8) is 0 Å². The van der Waals surface area contributed by atoms with Crippen LogP contribution >= 0.6 is 11.3 Å². The number of rotatable bonds is 4. The molecule has 0 atom stereocenters. The van der Waals surface area contributed by atoms with E-state index in [4.69, 9.17) is 0 Å². The zero-order chi connectivity index (χ0) is 18.5. The molecule has 6 heteroatoms. The van der Waals surface area contributed by atoms with E-state index in [0.717, 1.165) is 17.6 Å². The van der Waals surface area contributed by atoms with Crippen molar-refractivity contribution in [3.8, 4) is 11.3 Å². The van der Waals surface area contributed by atoms with E-state index in [1.54, 1.807) is 35.9 Å². The van der Waals surface area contributed by atoms with Crippen LogP contribution in [0.15, 0.2) is 65.3 Å². The average molecular weight is 379 g/mol. The Labute approximate surface area is 162 Å². The van der Waals surface area contributed by atoms with Gasteiger partial charge in [-0.1, -0.05) is 49.6 Å². The van der Waals surface area contributed by atoms with E-state index in [1.165, 1.54) is 30.5 Å². The smallest absolute Gasteiger partial charge is 0.271 e. The Bertz CT molecular complexity index is 957. The van der Waals surface area contributed by atoms with Crippen LogP contribution in [-0.2, 0) is 0 Å². The van der Waals surface area contributed by atoms with Crippen LogP contribution in [0, 0.1) is 0 Å². The van der Waals surface area contributed by atoms with Gasteiger partial charge in [-0.15, -0.1) is 16.4 Å². The van der Waals surface area contributed by atoms with Gasteiger partial charge in [-0.2, -0.15) is 0 Å². The fourth-order valence-corrected chi connectivity index (χ4v) is 4.51. The van der Waals surface area contributed by atoms with Gasteiger partial charge in [0, 0.05) is 29.4 Å². The van der Waals surface area contributed by atoms with E-state index in [1.807, 2.05) is 6.07 Å². The van der Waals surface area contributed by atoms with Crippen molar-refractivity contribution in [2.45, 2.75) is 38.1 Å². The first-order valence-corrected chi connectivity index (χ1v) is 10.2. The molecular weight excluding hydrogens is 356 g/mol. The SMILES string of the molecule is O=C(N/N=c1/scc(-c2ccccc2)n1C1CCCCC1)c1ccncc1. The number of nitrogens with zero attached hydrogens (tertiary/aromatic N) is 3. The van der Waals surface area contributed by atoms with Crippen LogP contribution < -0.4 is 10.2 Å². The van der Waals surface area contributed by atoms with Gasteiger partial charge in [0.25, 0.3) is 5.91 Å². The van der Waals surface area contributed by atoms with Crippen molar-refractivity contribution in [2.75, 3.05) is 0 Å². The number of pyridine rings is 1. The van der Waals surface area contributed by atoms with Crippen molar-refractivity contribution in [3.05, 3.63) is 70.6 Å². The summed E-state index contributed by atoms with van der Waals surface area (Å²) in [5, 5.41) is 6.61. The van der Waals surface area contributed by atoms with Crippen LogP contribution in [0.3, 0.4) is 0 Å². The summed E-state index contributed by atoms with van der Waals surface area (Å²) in [4.78, 5) is 17.1. The monoisotopic (exact) mass is 378 g/mol. The van der Waals surface area contributed by atoms with Gasteiger partial charge in [-0.05, 0) is 30.5 Å². The number of amides is 1. The molecule has 5 nitrogen and oxygen atoms in total. The minimum absolute atomic E-state index is 0.220. The number of hydrogen-bond acceptors (Lipinski definition) is 4. The summed E-state index contributed by atoms with van der Waals surface area (Å²) >= 11 is 1.57. The van der Waals surface area contributed by atoms with Crippen LogP contribution in [0.4, 0.5) is 0 Å². The fourth-order valence-electron chi connectivity index (χ4n) is 3.58. The number of thiazole rings is 1. The molecule has 1 aliphatic carbocycles. The minimum atomic E-state index is -0.220. The molecule has 1 saturated carbocycles. The summed E-state index contributed by atoms with van der Waals surface area (Å²) in [5.41, 5.74) is 5.61. The molecule has 2 heterocycles. The number of hydrogen-bond donors (Lipinski definition) is 1. The molecule has 0 radical (unpaired) electrons. The average Bonchev–Trinajstić information content (AvgIpc) is 3.18. The van der Waals surface area contributed by atoms with Crippen molar-refractivity contribution in [2.24, 2.45) is 5.10 Å². The summed E-state index contributed by atoms with van der Waals surface area (Å²) in [6, 6.07) is 14.2. The zero-order valence-corrected chi connectivity index (χ0v) is 15.9. The van der Waals surface area contributed by atoms with Crippen molar-refractivity contribution in [1.29, 1.82) is 0 Å². The van der Waals surface area contributed by atoms with E-state index in [2.05, 4.69) is 49.7 Å². The van der Waals surface area contributed by atoms with Gasteiger partial charge in [0.15, 0.2) is 0 Å². The van der Waals surface area contributed by atoms with Crippen LogP contribution in [0.25, 0.3) is 11.3 Å². The van der Waals surface area contributed by atoms with E-state index >= 15 is 0 Å². The molecule has 1 aromatic carbocycles. The lowest BCUT2D eigenvalue weighted by Gasteiger charge is -2.25. The summed E-state index contributed by atoms with van der Waals surface area (Å²) in [7, 11) is 0. The molecule has 0 saturated heterocycles. The summed E-state index contributed by atoms with van der Waals surface area (Å²) in [5.74, 6) is -0.220. The van der Waals surface area contributed by atoms with Crippen LogP contribution in [0.1, 0.15) is 48.5 Å². The van der Waals surface area contributed by atoms with Crippen molar-refractivity contribution < 1.29 is 4.79 Å². The maximum absolute atomic E-state index is 12.3. The molecule has 27 heavy (non-hydrogen) atoms. The summed E-state index contributed by atoms with van der Waals surface area (Å²) < 4.78 is 2.31. The number of nitrogens with one attached hydrogen (secondary N) is 1. The van der Waals surface area contributed by atoms with Crippen LogP contribution in [0.2, 0.25) is 0 Å². The third-order valence-corrected chi connectivity index (χ3v) is 5.79. The first kappa shape index (κ1) is 17.7. The van der Waals surface area contributed by atoms with E-state index < -0.39 is 0 Å². The normalized spacial score (nSPS) is 15.6. The lowest BCUT2D eigenvalue weighted by atomic mass is 9.95. The molecule has 1 amide bonds. The quantitative estimate of drug-likeness (QED) is 0.686. The van der Waals surface area contributed by atoms with Gasteiger partial charge in [0.05, 0.1) is 5.69 Å². The van der Waals surface area contributed by atoms with Gasteiger partial charge in [-0.25, -0.2) is 5.43 Å². The highest BCUT2D eigenvalue weighted by Gasteiger charge is 2.20. The zero-order valence-electron chi connectivity index (χ0n) is 15.0. The molecule has 0 bridgehead atoms. The Morgan fingerprint density at radius 1 is 1.07 bits per heavy atom. The Balaban J connectivity index is 1.69. The molecule has 0 unspecified atom stereocenters. The van der Waals surface area contributed by atoms with E-state index in [-0.39, 0.29) is 5.91 Å². The largest absolute Gasteiger partial charge is 0.312 e. The molecule has 2 aromatic heterocycles. The van der Waals surface area contributed by atoms with Crippen LogP contribution in [0.5, 0.6) is 0 Å². The predicted molar refractivity (Wildman–Crippen MR) is 107 cm³/mol. The van der Waals surface area contributed by atoms with E-state index in [0.29, 0.717) is 11.6 Å². The molecule has 138 valence electrons. The highest BCUT2D eigenvalue weighted by atomic mass is 32.1. The molecule has 0 aliphatic heterocycles. The molecule has 3 aromatic rings. The van der Waals surface area contributed by atoms with Gasteiger partial charge < -0.3 is 4.57 Å². The number of carbonyl (C=O) groups excluding carboxylic acids is 1. The maximum atomic E-state index is 12.3. The highest BCUT2D eigenvalue weighted by molar-refractivity contribution is 7.07. The number of carbonyl (C=O) groups is 1. The van der Waals surface area contributed by atoms with Crippen molar-refractivity contribution >= 4 is 17.2 Å². The van der Waals surface area contributed by atoms with Gasteiger partial charge in [0.2, 0.25) is 4.80 Å². The van der Waals surface area contributed by atoms with Gasteiger partial charge >= 0.3 is 0 Å². The summed E-state index contributed by atoms with van der Waals surface area (Å²) in [6.07, 6.45) is 9.30. The van der Waals surface area contributed by atoms with Crippen LogP contribution in [-0.4, -0.2) is 15.5 Å². The fraction of sp³-hybridized carbons (Fsp3) is 0.286. The Kier molecular flexibility index (Phi) is 5.44. The molecule has 1 N–H and O–H groups in total. The first-order valence-electron chi connectivity index (χ1n) is 9.32. The lowest BCUT2D eigenvalue weighted by Crippen LogP contribution is -2.28. The molecule has 0 spiro atoms. The number of aromatic nitrogens is 2. The predicted octanol–water partition coefficient (Wildman–Crippen LogP) is 4.36. The third kappa shape index (κ3) is 4.01. The third-order valence-electron chi connectivity index (χ3n) is 4.95. The number of benzene rings is 1. The molecule has 4 rings (SSSR count). The minimum Gasteiger partial charge on any atom is -0.312 e. The highest BCUT2D eigenvalue weighted by Crippen LogP contribution is 2.32. The van der Waals surface area contributed by atoms with Crippen molar-refractivity contribution in [1.82, 2.24) is 15.0 Å². The second kappa shape index (κ2) is 8.31. The van der Waals surface area contributed by atoms with Gasteiger partial charge in [-0.3, -0.25) is 9.78 Å². The Morgan fingerprint density at radius 3 is 2.56 bits per heavy atom. The Hall–Kier alpha value is -2.73. The van der Waals surface area contributed by atoms with Gasteiger partial charge in [0.1, 0.15) is 0 Å². The second-order valence-corrected chi connectivity index (χ2v) is 7.56. The standard InChI is InChI=1S/C21H22N4OS/c26-20(17-11-13-22-14-12-17)23-24-21-25(18-9-5-2-6-10-18)19(15-27-21)16-7-3-1-4-8-16/h1,3-4,7-8,11-15,18H,2,5-6,9-10H2,(H,23,26)/b24-21+. The second-order valence-electron chi connectivity index (χ2n) is 6.72. The molecule has 1 fully saturated rings. The maximum Gasteiger partial charge on any atom is 0.271 e. The molecule has 1 aliphatic rings. The molecular formula is C21H22N4OS. The first-order chi connectivity index (χ1) is 13.3. The van der Waals surface area contributed by atoms with E-state index in [9.17, 15) is 4.79 Å². The Morgan fingerprint density at radius 2 is 1.81 bits per heavy atom. The topological polar surface area (TPSA) is 59.3 Å². The lowest BCUT2D eigenvalue weighted by molar-refractivity contribution is 0.0952.